The standard InChI is InChI=1S/C14H22N2O3/c15-14(6-1-2-7-14)13(19)16-8-9-4-3-5-10(9)11(16)12(17)18/h9-11H,1-8,15H2,(H,17,18). The molecule has 5 heteroatoms. The number of aliphatic carboxylic acids is 1. The van der Waals surface area contributed by atoms with Crippen LogP contribution in [-0.2, 0) is 9.59 Å². The normalized spacial score (nSPS) is 36.5. The SMILES string of the molecule is NC1(C(=O)N2CC3CCCC3C2C(=O)O)CCCC1. The molecule has 19 heavy (non-hydrogen) atoms. The van der Waals surface area contributed by atoms with Gasteiger partial charge in [0.05, 0.1) is 5.54 Å². The van der Waals surface area contributed by atoms with E-state index in [0.29, 0.717) is 25.3 Å². The number of fused-ring (bicyclic) bond motifs is 1. The third kappa shape index (κ3) is 1.95. The smallest absolute Gasteiger partial charge is 0.326 e. The number of amides is 1. The van der Waals surface area contributed by atoms with Crippen LogP contribution in [0.15, 0.2) is 0 Å². The fourth-order valence-corrected chi connectivity index (χ4v) is 4.34. The molecule has 1 heterocycles. The van der Waals surface area contributed by atoms with Gasteiger partial charge in [-0.05, 0) is 37.5 Å². The number of carbonyl (C=O) groups excluding carboxylic acids is 1. The van der Waals surface area contributed by atoms with Crippen molar-refractivity contribution in [1.82, 2.24) is 4.90 Å². The average molecular weight is 266 g/mol. The number of nitrogens with zero attached hydrogens (tertiary/aromatic N) is 1. The molecule has 106 valence electrons. The Kier molecular flexibility index (Phi) is 3.04. The minimum absolute atomic E-state index is 0.119. The van der Waals surface area contributed by atoms with Gasteiger partial charge in [-0.25, -0.2) is 4.79 Å². The van der Waals surface area contributed by atoms with E-state index in [2.05, 4.69) is 0 Å². The molecule has 3 unspecified atom stereocenters. The molecule has 5 nitrogen and oxygen atoms in total. The van der Waals surface area contributed by atoms with Crippen molar-refractivity contribution in [3.8, 4) is 0 Å². The van der Waals surface area contributed by atoms with Gasteiger partial charge in [0.1, 0.15) is 6.04 Å². The summed E-state index contributed by atoms with van der Waals surface area (Å²) in [6, 6.07) is -0.638. The highest BCUT2D eigenvalue weighted by molar-refractivity contribution is 5.91. The predicted molar refractivity (Wildman–Crippen MR) is 69.4 cm³/mol. The number of likely N-dealkylation sites (tertiary alicyclic amines) is 1. The van der Waals surface area contributed by atoms with Crippen LogP contribution in [0.5, 0.6) is 0 Å². The highest BCUT2D eigenvalue weighted by atomic mass is 16.4. The molecule has 1 aliphatic heterocycles. The van der Waals surface area contributed by atoms with E-state index < -0.39 is 17.6 Å². The lowest BCUT2D eigenvalue weighted by Gasteiger charge is -2.32. The average Bonchev–Trinajstić information content (AvgIpc) is 3.01. The minimum Gasteiger partial charge on any atom is -0.480 e. The first-order valence-electron chi connectivity index (χ1n) is 7.36. The van der Waals surface area contributed by atoms with Crippen LogP contribution >= 0.6 is 0 Å². The summed E-state index contributed by atoms with van der Waals surface area (Å²) in [6.45, 7) is 0.597. The molecule has 0 bridgehead atoms. The van der Waals surface area contributed by atoms with Crippen LogP contribution in [0.3, 0.4) is 0 Å². The Bertz CT molecular complexity index is 403. The maximum Gasteiger partial charge on any atom is 0.326 e. The van der Waals surface area contributed by atoms with E-state index >= 15 is 0 Å². The highest BCUT2D eigenvalue weighted by Gasteiger charge is 2.53. The lowest BCUT2D eigenvalue weighted by molar-refractivity contribution is -0.151. The zero-order valence-electron chi connectivity index (χ0n) is 11.2. The van der Waals surface area contributed by atoms with Crippen molar-refractivity contribution < 1.29 is 14.7 Å². The molecule has 3 rings (SSSR count). The van der Waals surface area contributed by atoms with Crippen molar-refractivity contribution in [2.45, 2.75) is 56.5 Å². The molecular formula is C14H22N2O3. The first-order chi connectivity index (χ1) is 9.03. The van der Waals surface area contributed by atoms with Crippen molar-refractivity contribution in [2.24, 2.45) is 17.6 Å². The molecule has 0 spiro atoms. The van der Waals surface area contributed by atoms with Crippen LogP contribution in [0.25, 0.3) is 0 Å². The molecule has 0 aromatic rings. The van der Waals surface area contributed by atoms with E-state index in [4.69, 9.17) is 5.73 Å². The van der Waals surface area contributed by atoms with E-state index in [1.54, 1.807) is 4.90 Å². The second kappa shape index (κ2) is 4.47. The van der Waals surface area contributed by atoms with Crippen molar-refractivity contribution in [1.29, 1.82) is 0 Å². The molecule has 3 N–H and O–H groups in total. The van der Waals surface area contributed by atoms with Gasteiger partial charge >= 0.3 is 5.97 Å². The molecule has 3 atom stereocenters. The number of carboxylic acids is 1. The quantitative estimate of drug-likeness (QED) is 0.780. The second-order valence-electron chi connectivity index (χ2n) is 6.46. The minimum atomic E-state index is -0.857. The number of carboxylic acid groups (broad SMARTS) is 1. The first-order valence-corrected chi connectivity index (χ1v) is 7.36. The molecular weight excluding hydrogens is 244 g/mol. The zero-order chi connectivity index (χ0) is 13.6. The van der Waals surface area contributed by atoms with Crippen LogP contribution in [0.4, 0.5) is 0 Å². The second-order valence-corrected chi connectivity index (χ2v) is 6.46. The number of hydrogen-bond donors (Lipinski definition) is 2. The third-order valence-corrected chi connectivity index (χ3v) is 5.33. The fraction of sp³-hybridized carbons (Fsp3) is 0.857. The van der Waals surface area contributed by atoms with Gasteiger partial charge in [-0.15, -0.1) is 0 Å². The maximum atomic E-state index is 12.7. The molecule has 3 aliphatic rings. The molecule has 2 saturated carbocycles. The van der Waals surface area contributed by atoms with Crippen LogP contribution in [0, 0.1) is 11.8 Å². The largest absolute Gasteiger partial charge is 0.480 e. The van der Waals surface area contributed by atoms with E-state index in [1.807, 2.05) is 0 Å². The summed E-state index contributed by atoms with van der Waals surface area (Å²) >= 11 is 0. The highest BCUT2D eigenvalue weighted by Crippen LogP contribution is 2.43. The van der Waals surface area contributed by atoms with Gasteiger partial charge in [0.15, 0.2) is 0 Å². The number of carbonyl (C=O) groups is 2. The Morgan fingerprint density at radius 3 is 2.47 bits per heavy atom. The first kappa shape index (κ1) is 12.9. The molecule has 0 aromatic carbocycles. The maximum absolute atomic E-state index is 12.7. The van der Waals surface area contributed by atoms with Crippen LogP contribution in [0.2, 0.25) is 0 Å². The Morgan fingerprint density at radius 1 is 1.16 bits per heavy atom. The predicted octanol–water partition coefficient (Wildman–Crippen LogP) is 0.970. The van der Waals surface area contributed by atoms with Gasteiger partial charge in [-0.1, -0.05) is 19.3 Å². The Morgan fingerprint density at radius 2 is 1.84 bits per heavy atom. The number of hydrogen-bond acceptors (Lipinski definition) is 3. The fourth-order valence-electron chi connectivity index (χ4n) is 4.34. The Balaban J connectivity index is 1.83. The zero-order valence-corrected chi connectivity index (χ0v) is 11.2. The van der Waals surface area contributed by atoms with E-state index in [0.717, 1.165) is 32.1 Å². The lowest BCUT2D eigenvalue weighted by atomic mass is 9.93. The van der Waals surface area contributed by atoms with Crippen molar-refractivity contribution in [2.75, 3.05) is 6.54 Å². The molecule has 1 saturated heterocycles. The van der Waals surface area contributed by atoms with Gasteiger partial charge in [0.2, 0.25) is 5.91 Å². The van der Waals surface area contributed by atoms with Gasteiger partial charge < -0.3 is 15.7 Å². The van der Waals surface area contributed by atoms with Crippen LogP contribution in [0.1, 0.15) is 44.9 Å². The summed E-state index contributed by atoms with van der Waals surface area (Å²) in [5, 5.41) is 9.47. The van der Waals surface area contributed by atoms with Gasteiger partial charge in [0, 0.05) is 6.54 Å². The van der Waals surface area contributed by atoms with Gasteiger partial charge in [-0.3, -0.25) is 4.79 Å². The van der Waals surface area contributed by atoms with Crippen LogP contribution < -0.4 is 5.73 Å². The van der Waals surface area contributed by atoms with E-state index in [1.165, 1.54) is 0 Å². The lowest BCUT2D eigenvalue weighted by Crippen LogP contribution is -2.56. The monoisotopic (exact) mass is 266 g/mol. The van der Waals surface area contributed by atoms with Crippen molar-refractivity contribution in [3.05, 3.63) is 0 Å². The van der Waals surface area contributed by atoms with Gasteiger partial charge in [-0.2, -0.15) is 0 Å². The van der Waals surface area contributed by atoms with Crippen molar-refractivity contribution >= 4 is 11.9 Å². The summed E-state index contributed by atoms with van der Waals surface area (Å²) in [4.78, 5) is 25.8. The van der Waals surface area contributed by atoms with E-state index in [9.17, 15) is 14.7 Å². The molecule has 0 aromatic heterocycles. The molecule has 3 fully saturated rings. The topological polar surface area (TPSA) is 83.6 Å². The molecule has 2 aliphatic carbocycles. The van der Waals surface area contributed by atoms with Crippen LogP contribution in [-0.4, -0.2) is 40.0 Å². The third-order valence-electron chi connectivity index (χ3n) is 5.33. The Labute approximate surface area is 113 Å². The molecule has 1 amide bonds. The Hall–Kier alpha value is -1.10. The summed E-state index contributed by atoms with van der Waals surface area (Å²) in [7, 11) is 0. The molecule has 0 radical (unpaired) electrons. The summed E-state index contributed by atoms with van der Waals surface area (Å²) in [5.41, 5.74) is 5.41. The number of nitrogens with two attached hydrogens (primary N) is 1. The number of rotatable bonds is 2. The summed E-state index contributed by atoms with van der Waals surface area (Å²) in [5.74, 6) is -0.461. The summed E-state index contributed by atoms with van der Waals surface area (Å²) < 4.78 is 0. The van der Waals surface area contributed by atoms with Crippen molar-refractivity contribution in [3.63, 3.8) is 0 Å². The summed E-state index contributed by atoms with van der Waals surface area (Å²) in [6.07, 6.45) is 6.42. The van der Waals surface area contributed by atoms with E-state index in [-0.39, 0.29) is 11.8 Å². The van der Waals surface area contributed by atoms with Gasteiger partial charge in [0.25, 0.3) is 0 Å².